The van der Waals surface area contributed by atoms with Gasteiger partial charge in [-0.1, -0.05) is 18.2 Å². The Morgan fingerprint density at radius 1 is 1.03 bits per heavy atom. The molecule has 0 saturated carbocycles. The number of para-hydroxylation sites is 1. The molecule has 0 aromatic heterocycles. The molecule has 0 unspecified atom stereocenters. The normalized spacial score (nSPS) is 18.2. The average Bonchev–Trinajstić information content (AvgIpc) is 2.97. The van der Waals surface area contributed by atoms with E-state index in [2.05, 4.69) is 5.32 Å². The van der Waals surface area contributed by atoms with E-state index in [-0.39, 0.29) is 18.9 Å². The van der Waals surface area contributed by atoms with Crippen molar-refractivity contribution < 1.29 is 28.6 Å². The van der Waals surface area contributed by atoms with Gasteiger partial charge in [0.1, 0.15) is 17.9 Å². The zero-order valence-corrected chi connectivity index (χ0v) is 17.4. The summed E-state index contributed by atoms with van der Waals surface area (Å²) in [6.45, 7) is 3.19. The summed E-state index contributed by atoms with van der Waals surface area (Å²) < 4.78 is 16.2. The molecule has 1 aliphatic rings. The molecule has 2 aromatic carbocycles. The van der Waals surface area contributed by atoms with Crippen LogP contribution >= 0.6 is 0 Å². The number of ether oxygens (including phenoxy) is 3. The lowest BCUT2D eigenvalue weighted by Gasteiger charge is -2.23. The molecule has 0 aliphatic carbocycles. The third-order valence-corrected chi connectivity index (χ3v) is 5.07. The van der Waals surface area contributed by atoms with Crippen molar-refractivity contribution in [1.82, 2.24) is 10.2 Å². The fourth-order valence-electron chi connectivity index (χ4n) is 3.37. The van der Waals surface area contributed by atoms with E-state index in [1.54, 1.807) is 49.4 Å². The number of nitrogens with zero attached hydrogens (tertiary/aromatic N) is 1. The number of hydrogen-bond donors (Lipinski definition) is 1. The second-order valence-electron chi connectivity index (χ2n) is 6.98. The Kier molecular flexibility index (Phi) is 5.96. The highest BCUT2D eigenvalue weighted by Crippen LogP contribution is 2.35. The molecular formula is C22H24N2O6. The van der Waals surface area contributed by atoms with Crippen LogP contribution < -0.4 is 19.5 Å². The Bertz CT molecular complexity index is 989. The summed E-state index contributed by atoms with van der Waals surface area (Å²) in [6, 6.07) is 11.4. The second kappa shape index (κ2) is 8.44. The standard InChI is InChI=1S/C22H24N2O6/c1-14(25)16-7-5-6-8-17(16)30-12-11-24-20(26)22(2,23-21(24)27)15-9-10-18(28-3)19(13-15)29-4/h5-10,13H,11-12H2,1-4H3,(H,23,27)/t22-/m1/s1. The minimum atomic E-state index is -1.24. The predicted molar refractivity (Wildman–Crippen MR) is 109 cm³/mol. The zero-order chi connectivity index (χ0) is 21.9. The number of ketones is 1. The Balaban J connectivity index is 1.74. The van der Waals surface area contributed by atoms with E-state index in [4.69, 9.17) is 14.2 Å². The van der Waals surface area contributed by atoms with Crippen molar-refractivity contribution in [3.05, 3.63) is 53.6 Å². The number of benzene rings is 2. The Morgan fingerprint density at radius 3 is 2.40 bits per heavy atom. The van der Waals surface area contributed by atoms with Gasteiger partial charge in [0.2, 0.25) is 0 Å². The molecule has 3 rings (SSSR count). The third kappa shape index (κ3) is 3.80. The van der Waals surface area contributed by atoms with Gasteiger partial charge in [0.25, 0.3) is 5.91 Å². The van der Waals surface area contributed by atoms with Crippen molar-refractivity contribution in [3.8, 4) is 17.2 Å². The van der Waals surface area contributed by atoms with Crippen LogP contribution in [0.5, 0.6) is 17.2 Å². The van der Waals surface area contributed by atoms with Gasteiger partial charge in [-0.3, -0.25) is 14.5 Å². The van der Waals surface area contributed by atoms with E-state index in [0.717, 1.165) is 4.90 Å². The molecule has 1 aliphatic heterocycles. The van der Waals surface area contributed by atoms with Gasteiger partial charge >= 0.3 is 6.03 Å². The maximum atomic E-state index is 13.1. The van der Waals surface area contributed by atoms with E-state index in [1.165, 1.54) is 21.1 Å². The number of carbonyl (C=O) groups is 3. The van der Waals surface area contributed by atoms with Gasteiger partial charge in [0, 0.05) is 0 Å². The van der Waals surface area contributed by atoms with Gasteiger partial charge in [-0.15, -0.1) is 0 Å². The van der Waals surface area contributed by atoms with Gasteiger partial charge in [0.15, 0.2) is 17.3 Å². The first-order chi connectivity index (χ1) is 14.3. The molecule has 1 fully saturated rings. The molecule has 3 amide bonds. The van der Waals surface area contributed by atoms with Gasteiger partial charge < -0.3 is 19.5 Å². The van der Waals surface area contributed by atoms with Crippen molar-refractivity contribution in [2.45, 2.75) is 19.4 Å². The summed E-state index contributed by atoms with van der Waals surface area (Å²) in [5.41, 5.74) is -0.220. The van der Waals surface area contributed by atoms with Crippen LogP contribution in [-0.2, 0) is 10.3 Å². The fraction of sp³-hybridized carbons (Fsp3) is 0.318. The molecule has 1 N–H and O–H groups in total. The summed E-state index contributed by atoms with van der Waals surface area (Å²) in [6.07, 6.45) is 0. The second-order valence-corrected chi connectivity index (χ2v) is 6.98. The van der Waals surface area contributed by atoms with Gasteiger partial charge in [-0.2, -0.15) is 0 Å². The number of hydrogen-bond acceptors (Lipinski definition) is 6. The Morgan fingerprint density at radius 2 is 1.73 bits per heavy atom. The predicted octanol–water partition coefficient (Wildman–Crippen LogP) is 2.75. The van der Waals surface area contributed by atoms with Crippen molar-refractivity contribution in [2.75, 3.05) is 27.4 Å². The summed E-state index contributed by atoms with van der Waals surface area (Å²) in [4.78, 5) is 38.4. The SMILES string of the molecule is COc1ccc([C@@]2(C)NC(=O)N(CCOc3ccccc3C(C)=O)C2=O)cc1OC. The molecule has 8 heteroatoms. The van der Waals surface area contributed by atoms with Crippen LogP contribution in [0.1, 0.15) is 29.8 Å². The molecule has 30 heavy (non-hydrogen) atoms. The van der Waals surface area contributed by atoms with Gasteiger partial charge in [-0.25, -0.2) is 4.79 Å². The number of Topliss-reactive ketones (excluding diaryl/α,β-unsaturated/α-hetero) is 1. The number of amides is 3. The molecule has 1 saturated heterocycles. The number of carbonyl (C=O) groups excluding carboxylic acids is 3. The zero-order valence-electron chi connectivity index (χ0n) is 17.4. The van der Waals surface area contributed by atoms with E-state index >= 15 is 0 Å². The molecule has 0 radical (unpaired) electrons. The number of methoxy groups -OCH3 is 2. The number of rotatable bonds is 8. The van der Waals surface area contributed by atoms with E-state index in [0.29, 0.717) is 28.4 Å². The monoisotopic (exact) mass is 412 g/mol. The first-order valence-electron chi connectivity index (χ1n) is 9.41. The quantitative estimate of drug-likeness (QED) is 0.529. The molecular weight excluding hydrogens is 388 g/mol. The maximum Gasteiger partial charge on any atom is 0.325 e. The lowest BCUT2D eigenvalue weighted by molar-refractivity contribution is -0.131. The first-order valence-corrected chi connectivity index (χ1v) is 9.41. The molecule has 0 bridgehead atoms. The summed E-state index contributed by atoms with van der Waals surface area (Å²) in [5, 5.41) is 2.74. The highest BCUT2D eigenvalue weighted by atomic mass is 16.5. The highest BCUT2D eigenvalue weighted by Gasteiger charge is 2.49. The molecule has 158 valence electrons. The van der Waals surface area contributed by atoms with Crippen molar-refractivity contribution in [2.24, 2.45) is 0 Å². The first kappa shape index (κ1) is 21.2. The molecule has 8 nitrogen and oxygen atoms in total. The van der Waals surface area contributed by atoms with E-state index < -0.39 is 17.5 Å². The number of urea groups is 1. The average molecular weight is 412 g/mol. The topological polar surface area (TPSA) is 94.2 Å². The highest BCUT2D eigenvalue weighted by molar-refractivity contribution is 6.07. The molecule has 2 aromatic rings. The van der Waals surface area contributed by atoms with Crippen LogP contribution in [-0.4, -0.2) is 50.0 Å². The lowest BCUT2D eigenvalue weighted by Crippen LogP contribution is -2.41. The maximum absolute atomic E-state index is 13.1. The fourth-order valence-corrected chi connectivity index (χ4v) is 3.37. The molecule has 1 heterocycles. The summed E-state index contributed by atoms with van der Waals surface area (Å²) in [5.74, 6) is 0.876. The minimum absolute atomic E-state index is 0.0415. The lowest BCUT2D eigenvalue weighted by atomic mass is 9.91. The van der Waals surface area contributed by atoms with Crippen LogP contribution in [0.4, 0.5) is 4.79 Å². The van der Waals surface area contributed by atoms with Crippen LogP contribution in [0.15, 0.2) is 42.5 Å². The number of nitrogens with one attached hydrogen (secondary N) is 1. The van der Waals surface area contributed by atoms with Gasteiger partial charge in [0.05, 0.1) is 26.3 Å². The summed E-state index contributed by atoms with van der Waals surface area (Å²) in [7, 11) is 3.02. The van der Waals surface area contributed by atoms with Crippen LogP contribution in [0.2, 0.25) is 0 Å². The Hall–Kier alpha value is -3.55. The Labute approximate surface area is 174 Å². The minimum Gasteiger partial charge on any atom is -0.493 e. The van der Waals surface area contributed by atoms with Crippen LogP contribution in [0.25, 0.3) is 0 Å². The van der Waals surface area contributed by atoms with E-state index in [1.807, 2.05) is 0 Å². The van der Waals surface area contributed by atoms with Crippen LogP contribution in [0.3, 0.4) is 0 Å². The largest absolute Gasteiger partial charge is 0.493 e. The van der Waals surface area contributed by atoms with Crippen molar-refractivity contribution >= 4 is 17.7 Å². The smallest absolute Gasteiger partial charge is 0.325 e. The van der Waals surface area contributed by atoms with Gasteiger partial charge in [-0.05, 0) is 43.7 Å². The van der Waals surface area contributed by atoms with Crippen molar-refractivity contribution in [3.63, 3.8) is 0 Å². The summed E-state index contributed by atoms with van der Waals surface area (Å²) >= 11 is 0. The van der Waals surface area contributed by atoms with E-state index in [9.17, 15) is 14.4 Å². The molecule has 1 atom stereocenters. The van der Waals surface area contributed by atoms with Crippen LogP contribution in [0, 0.1) is 0 Å². The molecule has 0 spiro atoms. The third-order valence-electron chi connectivity index (χ3n) is 5.07. The number of imide groups is 1. The van der Waals surface area contributed by atoms with Crippen molar-refractivity contribution in [1.29, 1.82) is 0 Å².